The molecule has 0 aliphatic carbocycles. The number of alkyl halides is 3. The third-order valence-electron chi connectivity index (χ3n) is 3.04. The van der Waals surface area contributed by atoms with Crippen LogP contribution >= 0.6 is 0 Å². The largest absolute Gasteiger partial charge is 0.486 e. The summed E-state index contributed by atoms with van der Waals surface area (Å²) in [5, 5.41) is 6.30. The van der Waals surface area contributed by atoms with Crippen LogP contribution in [0.3, 0.4) is 0 Å². The lowest BCUT2D eigenvalue weighted by atomic mass is 10.3. The number of hydrogen-bond acceptors (Lipinski definition) is 4. The van der Waals surface area contributed by atoms with Crippen LogP contribution in [-0.4, -0.2) is 46.0 Å². The van der Waals surface area contributed by atoms with Gasteiger partial charge in [-0.15, -0.1) is 0 Å². The van der Waals surface area contributed by atoms with Crippen molar-refractivity contribution in [3.63, 3.8) is 0 Å². The molecule has 0 bridgehead atoms. The van der Waals surface area contributed by atoms with Gasteiger partial charge < -0.3 is 15.0 Å². The highest BCUT2D eigenvalue weighted by Crippen LogP contribution is 2.18. The van der Waals surface area contributed by atoms with Gasteiger partial charge in [0.2, 0.25) is 0 Å². The number of nitrogens with one attached hydrogen (secondary N) is 1. The molecule has 1 N–H and O–H groups in total. The molecule has 0 unspecified atom stereocenters. The van der Waals surface area contributed by atoms with Crippen LogP contribution in [0.15, 0.2) is 30.3 Å². The molecule has 10 heteroatoms. The van der Waals surface area contributed by atoms with Crippen LogP contribution in [0.5, 0.6) is 5.75 Å². The van der Waals surface area contributed by atoms with Crippen molar-refractivity contribution >= 4 is 6.03 Å². The molecule has 2 amide bonds. The van der Waals surface area contributed by atoms with Crippen molar-refractivity contribution in [1.82, 2.24) is 25.0 Å². The van der Waals surface area contributed by atoms with Crippen LogP contribution < -0.4 is 10.1 Å². The van der Waals surface area contributed by atoms with Crippen LogP contribution in [-0.2, 0) is 19.7 Å². The summed E-state index contributed by atoms with van der Waals surface area (Å²) in [5.41, 5.74) is 0. The summed E-state index contributed by atoms with van der Waals surface area (Å²) in [6, 6.07) is 8.34. The van der Waals surface area contributed by atoms with Gasteiger partial charge in [0.05, 0.1) is 6.54 Å². The van der Waals surface area contributed by atoms with Crippen molar-refractivity contribution in [1.29, 1.82) is 0 Å². The summed E-state index contributed by atoms with van der Waals surface area (Å²) < 4.78 is 44.2. The lowest BCUT2D eigenvalue weighted by Crippen LogP contribution is -2.35. The Morgan fingerprint density at radius 1 is 1.28 bits per heavy atom. The van der Waals surface area contributed by atoms with E-state index in [2.05, 4.69) is 15.4 Å². The van der Waals surface area contributed by atoms with E-state index < -0.39 is 18.8 Å². The molecule has 0 spiro atoms. The molecule has 2 rings (SSSR count). The summed E-state index contributed by atoms with van der Waals surface area (Å²) in [6.07, 6.45) is -4.45. The minimum absolute atomic E-state index is 0.000753. The zero-order valence-corrected chi connectivity index (χ0v) is 13.7. The van der Waals surface area contributed by atoms with E-state index in [9.17, 15) is 18.0 Å². The second-order valence-corrected chi connectivity index (χ2v) is 5.37. The molecule has 7 nitrogen and oxygen atoms in total. The molecule has 0 saturated carbocycles. The Bertz CT molecular complexity index is 701. The molecule has 25 heavy (non-hydrogen) atoms. The zero-order valence-electron chi connectivity index (χ0n) is 13.7. The van der Waals surface area contributed by atoms with E-state index in [0.717, 1.165) is 4.68 Å². The number of carbonyl (C=O) groups excluding carboxylic acids is 1. The minimum Gasteiger partial charge on any atom is -0.486 e. The predicted octanol–water partition coefficient (Wildman–Crippen LogP) is 2.19. The third kappa shape index (κ3) is 5.98. The molecule has 0 atom stereocenters. The first-order valence-electron chi connectivity index (χ1n) is 7.37. The average Bonchev–Trinajstić information content (AvgIpc) is 2.91. The van der Waals surface area contributed by atoms with E-state index in [1.54, 1.807) is 24.3 Å². The minimum atomic E-state index is -4.45. The number of aromatic nitrogens is 3. The van der Waals surface area contributed by atoms with Crippen LogP contribution in [0.1, 0.15) is 11.6 Å². The number of para-hydroxylation sites is 1. The molecule has 1 heterocycles. The highest BCUT2D eigenvalue weighted by molar-refractivity contribution is 5.73. The quantitative estimate of drug-likeness (QED) is 0.860. The van der Waals surface area contributed by atoms with Gasteiger partial charge in [0, 0.05) is 14.1 Å². The van der Waals surface area contributed by atoms with Crippen molar-refractivity contribution in [2.75, 3.05) is 14.1 Å². The maximum absolute atomic E-state index is 12.7. The number of ether oxygens (including phenoxy) is 1. The predicted molar refractivity (Wildman–Crippen MR) is 82.8 cm³/mol. The second kappa shape index (κ2) is 7.86. The normalized spacial score (nSPS) is 11.2. The highest BCUT2D eigenvalue weighted by atomic mass is 19.4. The van der Waals surface area contributed by atoms with Gasteiger partial charge >= 0.3 is 12.2 Å². The Balaban J connectivity index is 2.09. The van der Waals surface area contributed by atoms with Gasteiger partial charge in [0.25, 0.3) is 0 Å². The number of benzene rings is 1. The number of amides is 2. The van der Waals surface area contributed by atoms with E-state index in [0.29, 0.717) is 5.75 Å². The number of rotatable bonds is 6. The Labute approximate surface area is 142 Å². The van der Waals surface area contributed by atoms with Gasteiger partial charge in [-0.3, -0.25) is 0 Å². The fourth-order valence-corrected chi connectivity index (χ4v) is 1.89. The topological polar surface area (TPSA) is 72.3 Å². The van der Waals surface area contributed by atoms with Gasteiger partial charge in [0.15, 0.2) is 5.82 Å². The fraction of sp³-hybridized carbons (Fsp3) is 0.400. The molecule has 0 aliphatic heterocycles. The summed E-state index contributed by atoms with van der Waals surface area (Å²) in [6.45, 7) is -1.55. The molecule has 0 radical (unpaired) electrons. The lowest BCUT2D eigenvalue weighted by Gasteiger charge is -2.12. The molecule has 1 aromatic carbocycles. The van der Waals surface area contributed by atoms with Crippen LogP contribution in [0.4, 0.5) is 18.0 Å². The molecule has 0 saturated heterocycles. The van der Waals surface area contributed by atoms with Crippen LogP contribution in [0.25, 0.3) is 0 Å². The van der Waals surface area contributed by atoms with Gasteiger partial charge in [-0.2, -0.15) is 18.3 Å². The van der Waals surface area contributed by atoms with E-state index in [1.165, 1.54) is 19.0 Å². The van der Waals surface area contributed by atoms with Crippen LogP contribution in [0, 0.1) is 0 Å². The number of carbonyl (C=O) groups is 1. The number of halogens is 3. The van der Waals surface area contributed by atoms with E-state index >= 15 is 0 Å². The van der Waals surface area contributed by atoms with Crippen molar-refractivity contribution in [3.05, 3.63) is 42.0 Å². The average molecular weight is 357 g/mol. The maximum atomic E-state index is 12.7. The summed E-state index contributed by atoms with van der Waals surface area (Å²) in [4.78, 5) is 16.8. The molecular weight excluding hydrogens is 339 g/mol. The zero-order chi connectivity index (χ0) is 18.4. The molecule has 2 aromatic rings. The number of nitrogens with zero attached hydrogens (tertiary/aromatic N) is 4. The summed E-state index contributed by atoms with van der Waals surface area (Å²) >= 11 is 0. The SMILES string of the molecule is CN(C)C(=O)NCc1nc(COc2ccccc2)nn1CC(F)(F)F. The van der Waals surface area contributed by atoms with Crippen molar-refractivity contribution in [2.45, 2.75) is 25.9 Å². The number of hydrogen-bond donors (Lipinski definition) is 1. The molecule has 0 aliphatic rings. The van der Waals surface area contributed by atoms with Crippen molar-refractivity contribution in [2.24, 2.45) is 0 Å². The maximum Gasteiger partial charge on any atom is 0.408 e. The first-order valence-corrected chi connectivity index (χ1v) is 7.37. The van der Waals surface area contributed by atoms with Gasteiger partial charge in [-0.25, -0.2) is 14.5 Å². The van der Waals surface area contributed by atoms with Crippen LogP contribution in [0.2, 0.25) is 0 Å². The van der Waals surface area contributed by atoms with E-state index in [-0.39, 0.29) is 24.8 Å². The van der Waals surface area contributed by atoms with Gasteiger partial charge in [-0.05, 0) is 12.1 Å². The molecule has 0 fully saturated rings. The fourth-order valence-electron chi connectivity index (χ4n) is 1.89. The Hall–Kier alpha value is -2.78. The number of urea groups is 1. The second-order valence-electron chi connectivity index (χ2n) is 5.37. The molecule has 1 aromatic heterocycles. The summed E-state index contributed by atoms with van der Waals surface area (Å²) in [5.74, 6) is 0.651. The van der Waals surface area contributed by atoms with Crippen molar-refractivity contribution in [3.8, 4) is 5.75 Å². The van der Waals surface area contributed by atoms with E-state index in [4.69, 9.17) is 4.74 Å². The molecular formula is C15H18F3N5O2. The third-order valence-corrected chi connectivity index (χ3v) is 3.04. The standard InChI is InChI=1S/C15H18F3N5O2/c1-22(2)14(24)19-8-13-20-12(21-23(13)10-15(16,17)18)9-25-11-6-4-3-5-7-11/h3-7H,8-10H2,1-2H3,(H,19,24). The summed E-state index contributed by atoms with van der Waals surface area (Å²) in [7, 11) is 3.05. The first-order chi connectivity index (χ1) is 11.7. The Morgan fingerprint density at radius 3 is 2.56 bits per heavy atom. The molecule has 136 valence electrons. The Morgan fingerprint density at radius 2 is 1.96 bits per heavy atom. The van der Waals surface area contributed by atoms with Gasteiger partial charge in [-0.1, -0.05) is 18.2 Å². The Kier molecular flexibility index (Phi) is 5.84. The smallest absolute Gasteiger partial charge is 0.408 e. The van der Waals surface area contributed by atoms with Crippen molar-refractivity contribution < 1.29 is 22.7 Å². The van der Waals surface area contributed by atoms with E-state index in [1.807, 2.05) is 6.07 Å². The highest BCUT2D eigenvalue weighted by Gasteiger charge is 2.30. The lowest BCUT2D eigenvalue weighted by molar-refractivity contribution is -0.143. The monoisotopic (exact) mass is 357 g/mol. The first kappa shape index (κ1) is 18.6. The van der Waals surface area contributed by atoms with Gasteiger partial charge in [0.1, 0.15) is 24.7 Å².